The molecule has 0 amide bonds. The van der Waals surface area contributed by atoms with E-state index in [2.05, 4.69) is 174 Å². The van der Waals surface area contributed by atoms with Crippen LogP contribution in [0.15, 0.2) is 180 Å². The van der Waals surface area contributed by atoms with Gasteiger partial charge in [0.05, 0.1) is 5.69 Å². The molecular weight excluding hydrogens is 633 g/mol. The molecule has 0 unspecified atom stereocenters. The van der Waals surface area contributed by atoms with Crippen molar-refractivity contribution in [2.45, 2.75) is 44.4 Å². The van der Waals surface area contributed by atoms with Crippen LogP contribution in [-0.2, 0) is 6.42 Å². The summed E-state index contributed by atoms with van der Waals surface area (Å²) in [5.74, 6) is 0.702. The number of benzene rings is 7. The predicted octanol–water partition coefficient (Wildman–Crippen LogP) is 14.2. The Morgan fingerprint density at radius 2 is 0.923 bits per heavy atom. The van der Waals surface area contributed by atoms with Crippen LogP contribution in [0.2, 0.25) is 0 Å². The number of hydrogen-bond acceptors (Lipinski definition) is 3. The van der Waals surface area contributed by atoms with E-state index in [1.54, 1.807) is 0 Å². The average Bonchev–Trinajstić information content (AvgIpc) is 3.61. The van der Waals surface area contributed by atoms with E-state index in [0.29, 0.717) is 5.92 Å². The highest BCUT2D eigenvalue weighted by atomic mass is 16.3. The third kappa shape index (κ3) is 6.35. The molecule has 1 heterocycles. The van der Waals surface area contributed by atoms with Gasteiger partial charge in [0.2, 0.25) is 0 Å². The molecule has 9 rings (SSSR count). The smallest absolute Gasteiger partial charge is 0.159 e. The summed E-state index contributed by atoms with van der Waals surface area (Å²) in [6, 6.07) is 63.3. The number of hydrogen-bond donors (Lipinski definition) is 0. The third-order valence-corrected chi connectivity index (χ3v) is 10.7. The SMILES string of the molecule is c1ccc(N(c2ccc(Cc3ccc(N(c4ccccc4)c4cccc5c4oc4ccccc45)cc3)cc2)c2ccc(C3CCCCC3)cc2)cc1. The molecule has 7 aromatic carbocycles. The average molecular weight is 675 g/mol. The Morgan fingerprint density at radius 3 is 1.56 bits per heavy atom. The van der Waals surface area contributed by atoms with Gasteiger partial charge in [-0.3, -0.25) is 0 Å². The van der Waals surface area contributed by atoms with Crippen molar-refractivity contribution >= 4 is 56.1 Å². The molecule has 0 bridgehead atoms. The topological polar surface area (TPSA) is 19.6 Å². The van der Waals surface area contributed by atoms with Gasteiger partial charge in [-0.05, 0) is 115 Å². The van der Waals surface area contributed by atoms with Crippen molar-refractivity contribution in [2.24, 2.45) is 0 Å². The maximum Gasteiger partial charge on any atom is 0.159 e. The van der Waals surface area contributed by atoms with Crippen LogP contribution in [-0.4, -0.2) is 0 Å². The first kappa shape index (κ1) is 31.9. The number of rotatable bonds is 9. The van der Waals surface area contributed by atoms with E-state index in [4.69, 9.17) is 4.42 Å². The molecule has 1 aliphatic rings. The highest BCUT2D eigenvalue weighted by Gasteiger charge is 2.20. The first-order valence-corrected chi connectivity index (χ1v) is 18.7. The van der Waals surface area contributed by atoms with Gasteiger partial charge in [-0.25, -0.2) is 0 Å². The molecule has 0 N–H and O–H groups in total. The lowest BCUT2D eigenvalue weighted by Crippen LogP contribution is -2.10. The molecule has 0 atom stereocenters. The maximum absolute atomic E-state index is 6.48. The van der Waals surface area contributed by atoms with Gasteiger partial charge < -0.3 is 14.2 Å². The number of furan rings is 1. The van der Waals surface area contributed by atoms with E-state index in [0.717, 1.165) is 56.8 Å². The summed E-state index contributed by atoms with van der Waals surface area (Å²) in [6.45, 7) is 0. The van der Waals surface area contributed by atoms with Crippen molar-refractivity contribution < 1.29 is 4.42 Å². The zero-order valence-corrected chi connectivity index (χ0v) is 29.4. The van der Waals surface area contributed by atoms with Crippen LogP contribution in [0.1, 0.15) is 54.7 Å². The molecule has 1 fully saturated rings. The Hall–Kier alpha value is -6.06. The second-order valence-electron chi connectivity index (χ2n) is 14.0. The van der Waals surface area contributed by atoms with E-state index in [-0.39, 0.29) is 0 Å². The van der Waals surface area contributed by atoms with Gasteiger partial charge in [-0.2, -0.15) is 0 Å². The van der Waals surface area contributed by atoms with Crippen molar-refractivity contribution in [2.75, 3.05) is 9.80 Å². The molecule has 3 heteroatoms. The van der Waals surface area contributed by atoms with Gasteiger partial charge in [-0.15, -0.1) is 0 Å². The van der Waals surface area contributed by atoms with Crippen molar-refractivity contribution in [1.29, 1.82) is 0 Å². The normalized spacial score (nSPS) is 13.4. The predicted molar refractivity (Wildman–Crippen MR) is 218 cm³/mol. The van der Waals surface area contributed by atoms with Crippen molar-refractivity contribution in [1.82, 2.24) is 0 Å². The summed E-state index contributed by atoms with van der Waals surface area (Å²) >= 11 is 0. The summed E-state index contributed by atoms with van der Waals surface area (Å²) < 4.78 is 6.48. The highest BCUT2D eigenvalue weighted by Crippen LogP contribution is 2.42. The molecule has 1 aromatic heterocycles. The molecule has 3 nitrogen and oxygen atoms in total. The molecule has 0 spiro atoms. The Balaban J connectivity index is 0.985. The largest absolute Gasteiger partial charge is 0.454 e. The van der Waals surface area contributed by atoms with E-state index in [1.807, 2.05) is 12.1 Å². The van der Waals surface area contributed by atoms with E-state index in [1.165, 1.54) is 54.5 Å². The molecule has 0 aliphatic heterocycles. The lowest BCUT2D eigenvalue weighted by Gasteiger charge is -2.27. The number of fused-ring (bicyclic) bond motifs is 3. The van der Waals surface area contributed by atoms with Crippen LogP contribution in [0, 0.1) is 0 Å². The van der Waals surface area contributed by atoms with Gasteiger partial charge in [0.15, 0.2) is 5.58 Å². The van der Waals surface area contributed by atoms with E-state index < -0.39 is 0 Å². The fourth-order valence-corrected chi connectivity index (χ4v) is 8.03. The van der Waals surface area contributed by atoms with Crippen molar-refractivity contribution in [3.05, 3.63) is 193 Å². The Kier molecular flexibility index (Phi) is 8.76. The highest BCUT2D eigenvalue weighted by molar-refractivity contribution is 6.10. The molecular formula is C49H42N2O. The van der Waals surface area contributed by atoms with Crippen molar-refractivity contribution in [3.63, 3.8) is 0 Å². The third-order valence-electron chi connectivity index (χ3n) is 10.7. The second-order valence-corrected chi connectivity index (χ2v) is 14.0. The van der Waals surface area contributed by atoms with Gasteiger partial charge in [-0.1, -0.05) is 122 Å². The molecule has 52 heavy (non-hydrogen) atoms. The zero-order chi connectivity index (χ0) is 34.7. The van der Waals surface area contributed by atoms with Crippen LogP contribution < -0.4 is 9.80 Å². The maximum atomic E-state index is 6.48. The Labute approximate surface area is 306 Å². The minimum absolute atomic E-state index is 0.702. The molecule has 8 aromatic rings. The quantitative estimate of drug-likeness (QED) is 0.152. The fourth-order valence-electron chi connectivity index (χ4n) is 8.03. The summed E-state index contributed by atoms with van der Waals surface area (Å²) in [5, 5.41) is 2.25. The Bertz CT molecular complexity index is 2390. The number of anilines is 6. The van der Waals surface area contributed by atoms with Crippen LogP contribution in [0.5, 0.6) is 0 Å². The lowest BCUT2D eigenvalue weighted by molar-refractivity contribution is 0.443. The molecule has 1 saturated carbocycles. The number of nitrogens with zero attached hydrogens (tertiary/aromatic N) is 2. The van der Waals surface area contributed by atoms with Gasteiger partial charge >= 0.3 is 0 Å². The fraction of sp³-hybridized carbons (Fsp3) is 0.143. The molecule has 1 aliphatic carbocycles. The van der Waals surface area contributed by atoms with Gasteiger partial charge in [0, 0.05) is 39.2 Å². The minimum atomic E-state index is 0.702. The standard InChI is InChI=1S/C49H42N2O/c1-4-13-38(14-5-1)39-27-33-43(34-28-39)50(40-15-6-2-7-16-40)42-29-23-36(24-30-42)35-37-25-31-44(32-26-37)51(41-17-8-3-9-18-41)47-21-12-20-46-45-19-10-11-22-48(45)52-49(46)47/h2-3,6-12,15-34,38H,1,4-5,13-14,35H2. The molecule has 254 valence electrons. The van der Waals surface area contributed by atoms with Gasteiger partial charge in [0.1, 0.15) is 5.58 Å². The van der Waals surface area contributed by atoms with E-state index >= 15 is 0 Å². The van der Waals surface area contributed by atoms with Crippen LogP contribution in [0.4, 0.5) is 34.1 Å². The summed E-state index contributed by atoms with van der Waals surface area (Å²) in [6.07, 6.45) is 7.57. The molecule has 0 saturated heterocycles. The summed E-state index contributed by atoms with van der Waals surface area (Å²) in [7, 11) is 0. The second kappa shape index (κ2) is 14.3. The van der Waals surface area contributed by atoms with E-state index in [9.17, 15) is 0 Å². The minimum Gasteiger partial charge on any atom is -0.454 e. The molecule has 0 radical (unpaired) electrons. The summed E-state index contributed by atoms with van der Waals surface area (Å²) in [5.41, 5.74) is 12.5. The van der Waals surface area contributed by atoms with Crippen molar-refractivity contribution in [3.8, 4) is 0 Å². The summed E-state index contributed by atoms with van der Waals surface area (Å²) in [4.78, 5) is 4.66. The lowest BCUT2D eigenvalue weighted by atomic mass is 9.84. The Morgan fingerprint density at radius 1 is 0.423 bits per heavy atom. The zero-order valence-electron chi connectivity index (χ0n) is 29.4. The van der Waals surface area contributed by atoms with Crippen LogP contribution in [0.3, 0.4) is 0 Å². The van der Waals surface area contributed by atoms with Crippen LogP contribution >= 0.6 is 0 Å². The van der Waals surface area contributed by atoms with Crippen LogP contribution in [0.25, 0.3) is 21.9 Å². The number of para-hydroxylation sites is 4. The first-order valence-electron chi connectivity index (χ1n) is 18.7. The first-order chi connectivity index (χ1) is 25.8. The monoisotopic (exact) mass is 674 g/mol. The van der Waals surface area contributed by atoms with Gasteiger partial charge in [0.25, 0.3) is 0 Å².